The number of aromatic nitrogens is 1. The van der Waals surface area contributed by atoms with Crippen LogP contribution in [0.15, 0.2) is 121 Å². The average Bonchev–Trinajstić information content (AvgIpc) is 3.50. The second-order valence-electron chi connectivity index (χ2n) is 12.5. The molecular formula is C41H46N2O6. The van der Waals surface area contributed by atoms with Crippen molar-refractivity contribution in [3.05, 3.63) is 144 Å². The highest BCUT2D eigenvalue weighted by atomic mass is 16.6. The molecule has 8 nitrogen and oxygen atoms in total. The Morgan fingerprint density at radius 1 is 0.776 bits per heavy atom. The lowest BCUT2D eigenvalue weighted by atomic mass is 9.97. The maximum atomic E-state index is 12.9. The Balaban J connectivity index is 1.32. The number of benzene rings is 4. The maximum Gasteiger partial charge on any atom is 0.224 e. The zero-order valence-corrected chi connectivity index (χ0v) is 28.0. The summed E-state index contributed by atoms with van der Waals surface area (Å²) in [6.45, 7) is 3.97. The Morgan fingerprint density at radius 2 is 1.35 bits per heavy atom. The normalized spacial score (nSPS) is 20.7. The molecule has 0 radical (unpaired) electrons. The lowest BCUT2D eigenvalue weighted by molar-refractivity contribution is -0.278. The van der Waals surface area contributed by atoms with E-state index in [9.17, 15) is 9.90 Å². The summed E-state index contributed by atoms with van der Waals surface area (Å²) in [5, 5.41) is 16.1. The highest BCUT2D eigenvalue weighted by molar-refractivity contribution is 5.89. The summed E-state index contributed by atoms with van der Waals surface area (Å²) in [7, 11) is 0. The Morgan fingerprint density at radius 3 is 1.98 bits per heavy atom. The van der Waals surface area contributed by atoms with Gasteiger partial charge in [0.25, 0.3) is 0 Å². The standard InChI is InChI=1S/C41H46N2O6/c1-2-3-23-42-37(44)24-33-25-43(35-22-14-13-21-34(33)35)41-38(45)40(48-28-32-19-11-6-12-20-32)39(47-27-31-17-9-5-10-18-31)36(49-41)29-46-26-30-15-7-4-8-16-30/h4-22,25,36,38-41,45H,2-3,23-24,26-29H2,1H3,(H,42,44)/t36-,38-,39+,40-,41-/m1/s1. The van der Waals surface area contributed by atoms with Crippen molar-refractivity contribution < 1.29 is 28.8 Å². The molecule has 2 heterocycles. The number of nitrogens with one attached hydrogen (secondary N) is 1. The van der Waals surface area contributed by atoms with Crippen molar-refractivity contribution in [2.45, 2.75) is 76.7 Å². The van der Waals surface area contributed by atoms with Crippen molar-refractivity contribution >= 4 is 16.8 Å². The number of aliphatic hydroxyl groups excluding tert-OH is 1. The fourth-order valence-electron chi connectivity index (χ4n) is 6.33. The van der Waals surface area contributed by atoms with Crippen molar-refractivity contribution in [2.75, 3.05) is 13.2 Å². The molecule has 49 heavy (non-hydrogen) atoms. The van der Waals surface area contributed by atoms with Gasteiger partial charge in [0, 0.05) is 18.1 Å². The summed E-state index contributed by atoms with van der Waals surface area (Å²) in [5.74, 6) is -0.0351. The van der Waals surface area contributed by atoms with Gasteiger partial charge in [-0.2, -0.15) is 0 Å². The molecule has 0 unspecified atom stereocenters. The van der Waals surface area contributed by atoms with Crippen LogP contribution in [0.1, 0.15) is 48.2 Å². The minimum atomic E-state index is -1.10. The highest BCUT2D eigenvalue weighted by Crippen LogP contribution is 2.36. The number of unbranched alkanes of at least 4 members (excludes halogenated alkanes) is 1. The van der Waals surface area contributed by atoms with Gasteiger partial charge in [-0.1, -0.05) is 123 Å². The Hall–Kier alpha value is -4.31. The van der Waals surface area contributed by atoms with E-state index in [1.54, 1.807) is 0 Å². The molecular weight excluding hydrogens is 616 g/mol. The van der Waals surface area contributed by atoms with Crippen molar-refractivity contribution in [2.24, 2.45) is 0 Å². The zero-order valence-electron chi connectivity index (χ0n) is 28.0. The van der Waals surface area contributed by atoms with Crippen molar-refractivity contribution in [3.63, 3.8) is 0 Å². The molecule has 1 saturated heterocycles. The van der Waals surface area contributed by atoms with Crippen LogP contribution in [0, 0.1) is 0 Å². The number of nitrogens with zero attached hydrogens (tertiary/aromatic N) is 1. The van der Waals surface area contributed by atoms with Crippen LogP contribution in [0.5, 0.6) is 0 Å². The molecule has 4 aromatic carbocycles. The quantitative estimate of drug-likeness (QED) is 0.114. The maximum absolute atomic E-state index is 12.9. The van der Waals surface area contributed by atoms with E-state index < -0.39 is 30.6 Å². The fraction of sp³-hybridized carbons (Fsp3) is 0.341. The third-order valence-electron chi connectivity index (χ3n) is 8.90. The Kier molecular flexibility index (Phi) is 12.3. The molecule has 6 rings (SSSR count). The number of para-hydroxylation sites is 1. The highest BCUT2D eigenvalue weighted by Gasteiger charge is 2.48. The molecule has 8 heteroatoms. The van der Waals surface area contributed by atoms with E-state index in [0.29, 0.717) is 19.8 Å². The van der Waals surface area contributed by atoms with Crippen LogP contribution in [0.25, 0.3) is 10.9 Å². The molecule has 1 fully saturated rings. The van der Waals surface area contributed by atoms with Gasteiger partial charge >= 0.3 is 0 Å². The van der Waals surface area contributed by atoms with Gasteiger partial charge in [0.2, 0.25) is 5.91 Å². The topological polar surface area (TPSA) is 91.2 Å². The number of carbonyl (C=O) groups is 1. The van der Waals surface area contributed by atoms with Crippen molar-refractivity contribution in [1.82, 2.24) is 9.88 Å². The smallest absolute Gasteiger partial charge is 0.224 e. The third-order valence-corrected chi connectivity index (χ3v) is 8.90. The molecule has 1 aromatic heterocycles. The largest absolute Gasteiger partial charge is 0.386 e. The average molecular weight is 663 g/mol. The summed E-state index contributed by atoms with van der Waals surface area (Å²) in [6, 6.07) is 37.8. The van der Waals surface area contributed by atoms with E-state index in [4.69, 9.17) is 18.9 Å². The molecule has 0 bridgehead atoms. The fourth-order valence-corrected chi connectivity index (χ4v) is 6.33. The van der Waals surface area contributed by atoms with Crippen LogP contribution in [-0.2, 0) is 50.0 Å². The molecule has 1 amide bonds. The lowest BCUT2D eigenvalue weighted by Crippen LogP contribution is -2.58. The monoisotopic (exact) mass is 662 g/mol. The number of hydrogen-bond acceptors (Lipinski definition) is 6. The van der Waals surface area contributed by atoms with Gasteiger partial charge in [-0.3, -0.25) is 4.79 Å². The van der Waals surface area contributed by atoms with Gasteiger partial charge in [-0.15, -0.1) is 0 Å². The Bertz CT molecular complexity index is 1730. The first kappa shape index (κ1) is 34.5. The third kappa shape index (κ3) is 9.03. The number of carbonyl (C=O) groups excluding carboxylic acids is 1. The molecule has 5 aromatic rings. The van der Waals surface area contributed by atoms with Crippen LogP contribution >= 0.6 is 0 Å². The molecule has 1 aliphatic heterocycles. The predicted octanol–water partition coefficient (Wildman–Crippen LogP) is 6.75. The lowest BCUT2D eigenvalue weighted by Gasteiger charge is -2.45. The van der Waals surface area contributed by atoms with E-state index in [1.807, 2.05) is 126 Å². The van der Waals surface area contributed by atoms with Gasteiger partial charge in [0.05, 0.1) is 38.4 Å². The van der Waals surface area contributed by atoms with Crippen LogP contribution in [0.2, 0.25) is 0 Å². The second kappa shape index (κ2) is 17.4. The number of amides is 1. The van der Waals surface area contributed by atoms with E-state index in [2.05, 4.69) is 12.2 Å². The van der Waals surface area contributed by atoms with Gasteiger partial charge in [0.15, 0.2) is 6.23 Å². The zero-order chi connectivity index (χ0) is 33.8. The Labute approximate surface area is 288 Å². The summed E-state index contributed by atoms with van der Waals surface area (Å²) < 4.78 is 28.1. The van der Waals surface area contributed by atoms with E-state index >= 15 is 0 Å². The first-order valence-corrected chi connectivity index (χ1v) is 17.2. The SMILES string of the molecule is CCCCNC(=O)Cc1cn([C@@H]2O[C@H](COCc3ccccc3)[C@H](OCc3ccccc3)[C@H](OCc3ccccc3)[C@H]2O)c2ccccc12. The molecule has 0 saturated carbocycles. The summed E-state index contributed by atoms with van der Waals surface area (Å²) in [5.41, 5.74) is 4.76. The minimum absolute atomic E-state index is 0.0351. The summed E-state index contributed by atoms with van der Waals surface area (Å²) in [4.78, 5) is 12.9. The summed E-state index contributed by atoms with van der Waals surface area (Å²) >= 11 is 0. The number of hydrogen-bond donors (Lipinski definition) is 2. The number of ether oxygens (including phenoxy) is 4. The molecule has 2 N–H and O–H groups in total. The van der Waals surface area contributed by atoms with Gasteiger partial charge in [-0.05, 0) is 34.7 Å². The minimum Gasteiger partial charge on any atom is -0.386 e. The first-order valence-electron chi connectivity index (χ1n) is 17.2. The number of rotatable bonds is 16. The number of aliphatic hydroxyl groups is 1. The first-order chi connectivity index (χ1) is 24.1. The van der Waals surface area contributed by atoms with Crippen LogP contribution < -0.4 is 5.32 Å². The van der Waals surface area contributed by atoms with Crippen LogP contribution in [0.4, 0.5) is 0 Å². The van der Waals surface area contributed by atoms with E-state index in [1.165, 1.54) is 0 Å². The van der Waals surface area contributed by atoms with E-state index in [0.717, 1.165) is 46.0 Å². The van der Waals surface area contributed by atoms with Gasteiger partial charge < -0.3 is 33.9 Å². The van der Waals surface area contributed by atoms with Crippen LogP contribution in [-0.4, -0.2) is 53.1 Å². The van der Waals surface area contributed by atoms with Gasteiger partial charge in [0.1, 0.15) is 24.4 Å². The molecule has 5 atom stereocenters. The molecule has 256 valence electrons. The van der Waals surface area contributed by atoms with Crippen LogP contribution in [0.3, 0.4) is 0 Å². The predicted molar refractivity (Wildman–Crippen MR) is 190 cm³/mol. The van der Waals surface area contributed by atoms with Gasteiger partial charge in [-0.25, -0.2) is 0 Å². The number of fused-ring (bicyclic) bond motifs is 1. The van der Waals surface area contributed by atoms with Crippen molar-refractivity contribution in [3.8, 4) is 0 Å². The van der Waals surface area contributed by atoms with Crippen molar-refractivity contribution in [1.29, 1.82) is 0 Å². The second-order valence-corrected chi connectivity index (χ2v) is 12.5. The molecule has 0 aliphatic carbocycles. The summed E-state index contributed by atoms with van der Waals surface area (Å²) in [6.07, 6.45) is 0.188. The van der Waals surface area contributed by atoms with E-state index in [-0.39, 0.29) is 25.5 Å². The molecule has 0 spiro atoms. The molecule has 1 aliphatic rings.